The molecule has 13 aromatic heterocycles. The van der Waals surface area contributed by atoms with E-state index in [9.17, 15) is 0 Å². The zero-order valence-corrected chi connectivity index (χ0v) is 41.0. The van der Waals surface area contributed by atoms with Crippen LogP contribution in [0.3, 0.4) is 0 Å². The summed E-state index contributed by atoms with van der Waals surface area (Å²) < 4.78 is 33.8. The van der Waals surface area contributed by atoms with Crippen LogP contribution in [-0.2, 0) is 0 Å². The van der Waals surface area contributed by atoms with Crippen molar-refractivity contribution in [2.45, 2.75) is 0 Å². The van der Waals surface area contributed by atoms with E-state index < -0.39 is 0 Å². The molecule has 0 saturated carbocycles. The average Bonchev–Trinajstić information content (AvgIpc) is 4.56. The quantitative estimate of drug-likeness (QED) is 0.153. The van der Waals surface area contributed by atoms with E-state index in [0.29, 0.717) is 34.0 Å². The normalized spacial score (nSPS) is 12.3. The predicted octanol–water partition coefficient (Wildman–Crippen LogP) is 14.7. The van der Waals surface area contributed by atoms with Crippen LogP contribution in [0, 0.1) is 0 Å². The molecule has 0 aliphatic heterocycles. The van der Waals surface area contributed by atoms with Crippen molar-refractivity contribution in [1.29, 1.82) is 0 Å². The predicted molar refractivity (Wildman–Crippen MR) is 303 cm³/mol. The molecule has 16 heteroatoms. The van der Waals surface area contributed by atoms with Gasteiger partial charge in [-0.2, -0.15) is 15.3 Å². The number of rotatable bonds is 6. The molecular weight excluding hydrogens is 989 g/mol. The van der Waals surface area contributed by atoms with Crippen LogP contribution < -0.4 is 0 Å². The van der Waals surface area contributed by atoms with Crippen LogP contribution in [0.15, 0.2) is 213 Å². The molecule has 0 aliphatic carbocycles. The van der Waals surface area contributed by atoms with E-state index in [1.54, 1.807) is 37.2 Å². The van der Waals surface area contributed by atoms with E-state index in [2.05, 4.69) is 104 Å². The van der Waals surface area contributed by atoms with Crippen molar-refractivity contribution in [3.63, 3.8) is 0 Å². The summed E-state index contributed by atoms with van der Waals surface area (Å²) in [5, 5.41) is 36.9. The third-order valence-corrected chi connectivity index (χ3v) is 15.4. The van der Waals surface area contributed by atoms with Crippen LogP contribution in [0.1, 0.15) is 0 Å². The first-order chi connectivity index (χ1) is 39.1. The summed E-state index contributed by atoms with van der Waals surface area (Å²) in [4.78, 5) is 13.7. The Balaban J connectivity index is 0.818. The summed E-state index contributed by atoms with van der Waals surface area (Å²) in [6.45, 7) is 0. The molecule has 0 atom stereocenters. The van der Waals surface area contributed by atoms with Crippen LogP contribution in [0.25, 0.3) is 172 Å². The first kappa shape index (κ1) is 41.9. The maximum absolute atomic E-state index is 7.22. The second-order valence-electron chi connectivity index (χ2n) is 19.6. The summed E-state index contributed by atoms with van der Waals surface area (Å²) in [5.74, 6) is 1.94. The summed E-state index contributed by atoms with van der Waals surface area (Å²) >= 11 is 0. The fourth-order valence-electron chi connectivity index (χ4n) is 12.0. The molecule has 0 spiro atoms. The molecule has 368 valence electrons. The smallest absolute Gasteiger partial charge is 0.169 e. The van der Waals surface area contributed by atoms with Gasteiger partial charge in [-0.1, -0.05) is 12.1 Å². The van der Waals surface area contributed by atoms with Gasteiger partial charge in [0.2, 0.25) is 0 Å². The fourth-order valence-corrected chi connectivity index (χ4v) is 12.0. The summed E-state index contributed by atoms with van der Waals surface area (Å²) in [6.07, 6.45) is 14.3. The number of aromatic nitrogens is 12. The number of nitrogens with zero attached hydrogens (tertiary/aromatic N) is 12. The topological polar surface area (TPSA) is 183 Å². The van der Waals surface area contributed by atoms with Crippen molar-refractivity contribution >= 4 is 121 Å². The number of benzene rings is 5. The average molecular weight is 1020 g/mol. The first-order valence-electron chi connectivity index (χ1n) is 25.4. The van der Waals surface area contributed by atoms with Gasteiger partial charge in [0.25, 0.3) is 0 Å². The minimum absolute atomic E-state index is 0.623. The van der Waals surface area contributed by atoms with E-state index in [1.807, 2.05) is 108 Å². The second-order valence-corrected chi connectivity index (χ2v) is 19.6. The van der Waals surface area contributed by atoms with Crippen molar-refractivity contribution in [2.75, 3.05) is 0 Å². The standard InChI is InChI=1S/C63H32N12O4/c1-3-46(55-29-34-26-37(7-12-52(34)77-55)74-50-32-65-21-15-40(50)43-17-23-68-71-62(43)74)58-48(4-1)57-45(54-28-33-25-36(6-11-51(33)76-54)73-49-31-64-20-14-39(49)42-16-22-67-70-61(42)73)9-10-47(59(57)79-58)56-30-35-27-38(8-13-53(35)78-56)75-60-41(5-2-19-66-60)44-18-24-69-72-63(44)75/h1-32H. The lowest BCUT2D eigenvalue weighted by atomic mass is 9.98. The number of para-hydroxylation sites is 1. The van der Waals surface area contributed by atoms with Gasteiger partial charge in [-0.15, -0.1) is 15.3 Å². The van der Waals surface area contributed by atoms with Gasteiger partial charge in [-0.3, -0.25) is 23.7 Å². The maximum atomic E-state index is 7.22. The fraction of sp³-hybridized carbons (Fsp3) is 0. The van der Waals surface area contributed by atoms with Gasteiger partial charge in [-0.25, -0.2) is 4.98 Å². The van der Waals surface area contributed by atoms with Crippen molar-refractivity contribution in [2.24, 2.45) is 0 Å². The molecule has 0 fully saturated rings. The van der Waals surface area contributed by atoms with Gasteiger partial charge in [0.05, 0.1) is 58.8 Å². The number of pyridine rings is 3. The Labute approximate surface area is 442 Å². The molecule has 5 aromatic carbocycles. The van der Waals surface area contributed by atoms with E-state index in [0.717, 1.165) is 138 Å². The molecule has 0 unspecified atom stereocenters. The third-order valence-electron chi connectivity index (χ3n) is 15.4. The Morgan fingerprint density at radius 2 is 0.797 bits per heavy atom. The lowest BCUT2D eigenvalue weighted by Crippen LogP contribution is -1.97. The van der Waals surface area contributed by atoms with Gasteiger partial charge in [0, 0.05) is 94.8 Å². The Morgan fingerprint density at radius 1 is 0.329 bits per heavy atom. The molecular formula is C63H32N12O4. The number of hydrogen-bond acceptors (Lipinski definition) is 13. The minimum atomic E-state index is 0.623. The number of furan rings is 4. The SMILES string of the molecule is c1cc(-c2cc3cc(-n4c5cnccc5c5ccnnc54)ccc3o2)c2oc3c(-c4cc5cc(-n6c7ncccc7c7ccnnc76)ccc5o4)ccc(-c4cc5cc(-n6c7cnccc7c7ccnnc76)ccc5o4)c3c2c1. The highest BCUT2D eigenvalue weighted by Crippen LogP contribution is 2.47. The zero-order valence-electron chi connectivity index (χ0n) is 41.0. The van der Waals surface area contributed by atoms with Crippen molar-refractivity contribution in [1.82, 2.24) is 59.2 Å². The van der Waals surface area contributed by atoms with Gasteiger partial charge in [-0.05, 0) is 133 Å². The summed E-state index contributed by atoms with van der Waals surface area (Å²) in [5.41, 5.74) is 13.3. The molecule has 16 nitrogen and oxygen atoms in total. The van der Waals surface area contributed by atoms with Crippen LogP contribution >= 0.6 is 0 Å². The number of hydrogen-bond donors (Lipinski definition) is 0. The van der Waals surface area contributed by atoms with Gasteiger partial charge in [0.1, 0.15) is 50.8 Å². The van der Waals surface area contributed by atoms with Crippen molar-refractivity contribution in [3.05, 3.63) is 195 Å². The van der Waals surface area contributed by atoms with Gasteiger partial charge < -0.3 is 17.7 Å². The molecule has 18 rings (SSSR count). The summed E-state index contributed by atoms with van der Waals surface area (Å²) in [6, 6.07) is 48.8. The van der Waals surface area contributed by atoms with E-state index in [-0.39, 0.29) is 0 Å². The molecule has 18 aromatic rings. The molecule has 0 amide bonds. The van der Waals surface area contributed by atoms with Crippen molar-refractivity contribution in [3.8, 4) is 51.0 Å². The minimum Gasteiger partial charge on any atom is -0.456 e. The third kappa shape index (κ3) is 5.93. The molecule has 0 radical (unpaired) electrons. The van der Waals surface area contributed by atoms with E-state index in [4.69, 9.17) is 22.7 Å². The molecule has 13 heterocycles. The van der Waals surface area contributed by atoms with Crippen molar-refractivity contribution < 1.29 is 17.7 Å². The van der Waals surface area contributed by atoms with Crippen LogP contribution in [0.2, 0.25) is 0 Å². The Bertz CT molecular complexity index is 5460. The second kappa shape index (κ2) is 15.6. The Morgan fingerprint density at radius 3 is 1.38 bits per heavy atom. The summed E-state index contributed by atoms with van der Waals surface area (Å²) in [7, 11) is 0. The largest absolute Gasteiger partial charge is 0.456 e. The maximum Gasteiger partial charge on any atom is 0.169 e. The Kier molecular flexibility index (Phi) is 8.27. The molecule has 0 saturated heterocycles. The molecule has 79 heavy (non-hydrogen) atoms. The van der Waals surface area contributed by atoms with Crippen LogP contribution in [-0.4, -0.2) is 59.2 Å². The first-order valence-corrected chi connectivity index (χ1v) is 25.4. The molecule has 0 bridgehead atoms. The molecule has 0 N–H and O–H groups in total. The van der Waals surface area contributed by atoms with Crippen LogP contribution in [0.4, 0.5) is 0 Å². The number of fused-ring (bicyclic) bond motifs is 15. The van der Waals surface area contributed by atoms with Gasteiger partial charge >= 0.3 is 0 Å². The zero-order chi connectivity index (χ0) is 51.4. The Hall–Kier alpha value is -11.4. The lowest BCUT2D eigenvalue weighted by molar-refractivity contribution is 0.621. The van der Waals surface area contributed by atoms with Crippen LogP contribution in [0.5, 0.6) is 0 Å². The van der Waals surface area contributed by atoms with E-state index in [1.165, 1.54) is 0 Å². The highest BCUT2D eigenvalue weighted by Gasteiger charge is 2.26. The van der Waals surface area contributed by atoms with E-state index >= 15 is 0 Å². The highest BCUT2D eigenvalue weighted by atomic mass is 16.4. The highest BCUT2D eigenvalue weighted by molar-refractivity contribution is 6.19. The monoisotopic (exact) mass is 1020 g/mol. The van der Waals surface area contributed by atoms with Gasteiger partial charge in [0.15, 0.2) is 16.9 Å². The molecule has 0 aliphatic rings. The lowest BCUT2D eigenvalue weighted by Gasteiger charge is -2.06.